The van der Waals surface area contributed by atoms with E-state index in [9.17, 15) is 0 Å². The standard InChI is InChI=1S/C22H24ClN3/c1-3-25-11-13-26(14-12-25)22-21-16(2)7-6-9-18(21)19(15-24-22)17-8-4-5-10-20(17)23/h4-10,15H,3,11-14H2,1-2H3. The van der Waals surface area contributed by atoms with Crippen molar-refractivity contribution < 1.29 is 0 Å². The Morgan fingerprint density at radius 2 is 1.73 bits per heavy atom. The molecule has 0 radical (unpaired) electrons. The minimum Gasteiger partial charge on any atom is -0.354 e. The van der Waals surface area contributed by atoms with Gasteiger partial charge in [0.1, 0.15) is 5.82 Å². The maximum Gasteiger partial charge on any atom is 0.136 e. The molecule has 0 N–H and O–H groups in total. The molecule has 0 spiro atoms. The van der Waals surface area contributed by atoms with E-state index in [4.69, 9.17) is 16.6 Å². The number of rotatable bonds is 3. The van der Waals surface area contributed by atoms with Gasteiger partial charge in [-0.05, 0) is 30.5 Å². The zero-order chi connectivity index (χ0) is 18.1. The molecule has 1 fully saturated rings. The lowest BCUT2D eigenvalue weighted by Gasteiger charge is -2.35. The lowest BCUT2D eigenvalue weighted by molar-refractivity contribution is 0.271. The molecule has 0 aliphatic carbocycles. The summed E-state index contributed by atoms with van der Waals surface area (Å²) >= 11 is 6.48. The first-order valence-corrected chi connectivity index (χ1v) is 9.67. The van der Waals surface area contributed by atoms with Crippen molar-refractivity contribution in [1.29, 1.82) is 0 Å². The van der Waals surface area contributed by atoms with Crippen molar-refractivity contribution in [3.63, 3.8) is 0 Å². The number of hydrogen-bond donors (Lipinski definition) is 0. The molecule has 1 aliphatic rings. The van der Waals surface area contributed by atoms with E-state index in [2.05, 4.69) is 47.9 Å². The lowest BCUT2D eigenvalue weighted by atomic mass is 9.97. The quantitative estimate of drug-likeness (QED) is 0.650. The van der Waals surface area contributed by atoms with Crippen molar-refractivity contribution in [2.24, 2.45) is 0 Å². The minimum absolute atomic E-state index is 0.765. The zero-order valence-corrected chi connectivity index (χ0v) is 16.1. The molecule has 2 aromatic carbocycles. The fourth-order valence-electron chi connectivity index (χ4n) is 3.86. The van der Waals surface area contributed by atoms with Crippen LogP contribution in [0.15, 0.2) is 48.7 Å². The average molecular weight is 366 g/mol. The van der Waals surface area contributed by atoms with Gasteiger partial charge in [-0.15, -0.1) is 0 Å². The highest BCUT2D eigenvalue weighted by molar-refractivity contribution is 6.33. The van der Waals surface area contributed by atoms with E-state index < -0.39 is 0 Å². The third kappa shape index (κ3) is 3.06. The summed E-state index contributed by atoms with van der Waals surface area (Å²) in [5, 5.41) is 3.23. The number of anilines is 1. The summed E-state index contributed by atoms with van der Waals surface area (Å²) in [4.78, 5) is 9.83. The van der Waals surface area contributed by atoms with E-state index in [0.717, 1.165) is 54.7 Å². The van der Waals surface area contributed by atoms with Crippen LogP contribution in [-0.4, -0.2) is 42.6 Å². The molecular weight excluding hydrogens is 342 g/mol. The fourth-order valence-corrected chi connectivity index (χ4v) is 4.10. The van der Waals surface area contributed by atoms with Gasteiger partial charge < -0.3 is 9.80 Å². The minimum atomic E-state index is 0.765. The number of likely N-dealkylation sites (N-methyl/N-ethyl adjacent to an activating group) is 1. The van der Waals surface area contributed by atoms with E-state index in [1.54, 1.807) is 0 Å². The van der Waals surface area contributed by atoms with Crippen molar-refractivity contribution in [2.75, 3.05) is 37.6 Å². The molecule has 0 bridgehead atoms. The van der Waals surface area contributed by atoms with Crippen LogP contribution >= 0.6 is 11.6 Å². The molecule has 1 saturated heterocycles. The largest absolute Gasteiger partial charge is 0.354 e. The predicted octanol–water partition coefficient (Wildman–Crippen LogP) is 5.01. The molecule has 0 unspecified atom stereocenters. The second-order valence-corrected chi connectivity index (χ2v) is 7.30. The third-order valence-electron chi connectivity index (χ3n) is 5.39. The van der Waals surface area contributed by atoms with E-state index in [-0.39, 0.29) is 0 Å². The topological polar surface area (TPSA) is 19.4 Å². The van der Waals surface area contributed by atoms with Crippen LogP contribution in [0.2, 0.25) is 5.02 Å². The van der Waals surface area contributed by atoms with Crippen LogP contribution in [0.25, 0.3) is 21.9 Å². The molecule has 0 amide bonds. The molecule has 26 heavy (non-hydrogen) atoms. The first-order chi connectivity index (χ1) is 12.7. The van der Waals surface area contributed by atoms with Crippen LogP contribution in [-0.2, 0) is 0 Å². The summed E-state index contributed by atoms with van der Waals surface area (Å²) < 4.78 is 0. The average Bonchev–Trinajstić information content (AvgIpc) is 2.68. The monoisotopic (exact) mass is 365 g/mol. The van der Waals surface area contributed by atoms with Crippen molar-refractivity contribution in [3.05, 3.63) is 59.2 Å². The van der Waals surface area contributed by atoms with Gasteiger partial charge in [-0.2, -0.15) is 0 Å². The van der Waals surface area contributed by atoms with Crippen molar-refractivity contribution in [1.82, 2.24) is 9.88 Å². The highest BCUT2D eigenvalue weighted by Gasteiger charge is 2.21. The maximum atomic E-state index is 6.48. The van der Waals surface area contributed by atoms with E-state index in [1.807, 2.05) is 24.4 Å². The Balaban J connectivity index is 1.85. The molecule has 0 saturated carbocycles. The Morgan fingerprint density at radius 1 is 0.962 bits per heavy atom. The number of piperazine rings is 1. The number of benzene rings is 2. The van der Waals surface area contributed by atoms with Gasteiger partial charge in [0.2, 0.25) is 0 Å². The van der Waals surface area contributed by atoms with Gasteiger partial charge in [0.15, 0.2) is 0 Å². The second-order valence-electron chi connectivity index (χ2n) is 6.89. The van der Waals surface area contributed by atoms with Gasteiger partial charge in [-0.1, -0.05) is 54.9 Å². The van der Waals surface area contributed by atoms with Crippen LogP contribution in [0.4, 0.5) is 5.82 Å². The van der Waals surface area contributed by atoms with Gasteiger partial charge in [0.25, 0.3) is 0 Å². The maximum absolute atomic E-state index is 6.48. The van der Waals surface area contributed by atoms with Gasteiger partial charge >= 0.3 is 0 Å². The number of nitrogens with zero attached hydrogens (tertiary/aromatic N) is 3. The summed E-state index contributed by atoms with van der Waals surface area (Å²) in [5.74, 6) is 1.10. The summed E-state index contributed by atoms with van der Waals surface area (Å²) in [5.41, 5.74) is 3.40. The summed E-state index contributed by atoms with van der Waals surface area (Å²) in [6.45, 7) is 9.76. The first-order valence-electron chi connectivity index (χ1n) is 9.29. The van der Waals surface area contributed by atoms with Gasteiger partial charge in [-0.25, -0.2) is 4.98 Å². The Kier molecular flexibility index (Phi) is 4.84. The van der Waals surface area contributed by atoms with Crippen molar-refractivity contribution in [3.8, 4) is 11.1 Å². The van der Waals surface area contributed by atoms with Crippen LogP contribution < -0.4 is 4.90 Å². The van der Waals surface area contributed by atoms with Crippen LogP contribution in [0, 0.1) is 6.92 Å². The number of fused-ring (bicyclic) bond motifs is 1. The molecule has 4 rings (SSSR count). The molecule has 134 valence electrons. The van der Waals surface area contributed by atoms with Crippen LogP contribution in [0.3, 0.4) is 0 Å². The normalized spacial score (nSPS) is 15.6. The Bertz CT molecular complexity index is 930. The molecule has 2 heterocycles. The highest BCUT2D eigenvalue weighted by Crippen LogP contribution is 2.37. The van der Waals surface area contributed by atoms with Gasteiger partial charge in [0, 0.05) is 53.9 Å². The molecule has 3 nitrogen and oxygen atoms in total. The fraction of sp³-hybridized carbons (Fsp3) is 0.318. The van der Waals surface area contributed by atoms with Crippen LogP contribution in [0.5, 0.6) is 0 Å². The van der Waals surface area contributed by atoms with Crippen molar-refractivity contribution >= 4 is 28.2 Å². The number of aryl methyl sites for hydroxylation is 1. The number of pyridine rings is 1. The number of hydrogen-bond acceptors (Lipinski definition) is 3. The molecule has 0 atom stereocenters. The second kappa shape index (κ2) is 7.26. The SMILES string of the molecule is CCN1CCN(c2ncc(-c3ccccc3Cl)c3cccc(C)c23)CC1. The van der Waals surface area contributed by atoms with Crippen molar-refractivity contribution in [2.45, 2.75) is 13.8 Å². The van der Waals surface area contributed by atoms with E-state index >= 15 is 0 Å². The molecule has 4 heteroatoms. The third-order valence-corrected chi connectivity index (χ3v) is 5.72. The zero-order valence-electron chi connectivity index (χ0n) is 15.4. The Morgan fingerprint density at radius 3 is 2.46 bits per heavy atom. The van der Waals surface area contributed by atoms with E-state index in [0.29, 0.717) is 0 Å². The highest BCUT2D eigenvalue weighted by atomic mass is 35.5. The summed E-state index contributed by atoms with van der Waals surface area (Å²) in [7, 11) is 0. The molecule has 1 aliphatic heterocycles. The number of halogens is 1. The van der Waals surface area contributed by atoms with E-state index in [1.165, 1.54) is 16.3 Å². The molecular formula is C22H24ClN3. The summed E-state index contributed by atoms with van der Waals surface area (Å²) in [6.07, 6.45) is 1.99. The van der Waals surface area contributed by atoms with Crippen LogP contribution in [0.1, 0.15) is 12.5 Å². The molecule has 3 aromatic rings. The predicted molar refractivity (Wildman–Crippen MR) is 111 cm³/mol. The smallest absolute Gasteiger partial charge is 0.136 e. The number of aromatic nitrogens is 1. The first kappa shape index (κ1) is 17.3. The van der Waals surface area contributed by atoms with Gasteiger partial charge in [-0.3, -0.25) is 0 Å². The Labute approximate surface area is 160 Å². The summed E-state index contributed by atoms with van der Waals surface area (Å²) in [6, 6.07) is 14.5. The lowest BCUT2D eigenvalue weighted by Crippen LogP contribution is -2.46. The Hall–Kier alpha value is -2.10. The molecule has 1 aromatic heterocycles. The van der Waals surface area contributed by atoms with Gasteiger partial charge in [0.05, 0.1) is 0 Å².